The Labute approximate surface area is 138 Å². The van der Waals surface area contributed by atoms with Crippen LogP contribution in [0.5, 0.6) is 0 Å². The highest BCUT2D eigenvalue weighted by Crippen LogP contribution is 2.22. The van der Waals surface area contributed by atoms with Crippen molar-refractivity contribution in [2.24, 2.45) is 0 Å². The lowest BCUT2D eigenvalue weighted by Gasteiger charge is -2.05. The summed E-state index contributed by atoms with van der Waals surface area (Å²) in [6.45, 7) is 2.30. The Kier molecular flexibility index (Phi) is 4.17. The van der Waals surface area contributed by atoms with Gasteiger partial charge in [0.1, 0.15) is 0 Å². The Morgan fingerprint density at radius 2 is 2.00 bits per heavy atom. The van der Waals surface area contributed by atoms with E-state index in [1.165, 1.54) is 6.20 Å². The third-order valence-corrected chi connectivity index (χ3v) is 3.87. The van der Waals surface area contributed by atoms with E-state index in [0.717, 1.165) is 16.6 Å². The predicted molar refractivity (Wildman–Crippen MR) is 90.7 cm³/mol. The second-order valence-corrected chi connectivity index (χ2v) is 5.83. The van der Waals surface area contributed by atoms with Crippen molar-refractivity contribution in [1.29, 1.82) is 0 Å². The van der Waals surface area contributed by atoms with Crippen molar-refractivity contribution in [1.82, 2.24) is 10.3 Å². The number of ketones is 1. The second kappa shape index (κ2) is 6.26. The van der Waals surface area contributed by atoms with Gasteiger partial charge in [-0.3, -0.25) is 9.59 Å². The first-order valence-corrected chi connectivity index (χ1v) is 7.57. The molecule has 1 amide bonds. The summed E-state index contributed by atoms with van der Waals surface area (Å²) in [5.41, 5.74) is 3.14. The number of nitrogens with one attached hydrogen (secondary N) is 2. The molecule has 0 radical (unpaired) electrons. The van der Waals surface area contributed by atoms with Crippen molar-refractivity contribution in [3.05, 3.63) is 70.4 Å². The summed E-state index contributed by atoms with van der Waals surface area (Å²) in [6.07, 6.45) is 1.54. The fraction of sp³-hybridized carbons (Fsp3) is 0.111. The lowest BCUT2D eigenvalue weighted by atomic mass is 10.1. The first-order valence-electron chi connectivity index (χ1n) is 7.19. The zero-order valence-corrected chi connectivity index (χ0v) is 13.3. The summed E-state index contributed by atoms with van der Waals surface area (Å²) >= 11 is 5.92. The van der Waals surface area contributed by atoms with Crippen LogP contribution in [0, 0.1) is 6.92 Å². The van der Waals surface area contributed by atoms with E-state index in [2.05, 4.69) is 10.3 Å². The highest BCUT2D eigenvalue weighted by molar-refractivity contribution is 6.45. The molecule has 0 aliphatic carbocycles. The number of fused-ring (bicyclic) bond motifs is 1. The molecule has 116 valence electrons. The van der Waals surface area contributed by atoms with E-state index in [0.29, 0.717) is 22.5 Å². The molecule has 0 spiro atoms. The maximum absolute atomic E-state index is 12.3. The van der Waals surface area contributed by atoms with Crippen LogP contribution in [0.3, 0.4) is 0 Å². The zero-order chi connectivity index (χ0) is 16.4. The quantitative estimate of drug-likeness (QED) is 0.568. The van der Waals surface area contributed by atoms with Gasteiger partial charge in [-0.15, -0.1) is 0 Å². The van der Waals surface area contributed by atoms with Crippen molar-refractivity contribution in [3.8, 4) is 0 Å². The second-order valence-electron chi connectivity index (χ2n) is 5.39. The highest BCUT2D eigenvalue weighted by Gasteiger charge is 2.19. The number of amides is 1. The summed E-state index contributed by atoms with van der Waals surface area (Å²) in [6, 6.07) is 12.9. The van der Waals surface area contributed by atoms with Crippen LogP contribution in [0.15, 0.2) is 48.7 Å². The molecular formula is C18H15ClN2O2. The standard InChI is InChI=1S/C18H15ClN2O2/c1-11-3-2-4-12(7-11)9-21-18(23)17(22)15-10-20-16-8-13(19)5-6-14(15)16/h2-8,10,20H,9H2,1H3,(H,21,23). The van der Waals surface area contributed by atoms with Crippen molar-refractivity contribution >= 4 is 34.2 Å². The first kappa shape index (κ1) is 15.3. The number of Topliss-reactive ketones (excluding diaryl/α,β-unsaturated/α-hetero) is 1. The fourth-order valence-corrected chi connectivity index (χ4v) is 2.67. The van der Waals surface area contributed by atoms with E-state index >= 15 is 0 Å². The number of hydrogen-bond acceptors (Lipinski definition) is 2. The third kappa shape index (κ3) is 3.27. The maximum Gasteiger partial charge on any atom is 0.292 e. The summed E-state index contributed by atoms with van der Waals surface area (Å²) in [7, 11) is 0. The van der Waals surface area contributed by atoms with Crippen molar-refractivity contribution in [2.75, 3.05) is 0 Å². The number of benzene rings is 2. The van der Waals surface area contributed by atoms with Crippen LogP contribution in [-0.4, -0.2) is 16.7 Å². The number of halogens is 1. The average molecular weight is 327 g/mol. The molecule has 0 bridgehead atoms. The minimum Gasteiger partial charge on any atom is -0.360 e. The molecule has 0 saturated carbocycles. The molecule has 0 fully saturated rings. The average Bonchev–Trinajstić information content (AvgIpc) is 2.94. The Morgan fingerprint density at radius 1 is 1.17 bits per heavy atom. The van der Waals surface area contributed by atoms with Crippen LogP contribution in [-0.2, 0) is 11.3 Å². The van der Waals surface area contributed by atoms with Gasteiger partial charge >= 0.3 is 0 Å². The highest BCUT2D eigenvalue weighted by atomic mass is 35.5. The smallest absolute Gasteiger partial charge is 0.292 e. The zero-order valence-electron chi connectivity index (χ0n) is 12.5. The molecule has 0 atom stereocenters. The molecule has 2 N–H and O–H groups in total. The molecule has 1 heterocycles. The number of carbonyl (C=O) groups excluding carboxylic acids is 2. The molecule has 5 heteroatoms. The Bertz CT molecular complexity index is 899. The van der Waals surface area contributed by atoms with Crippen LogP contribution in [0.1, 0.15) is 21.5 Å². The molecule has 0 unspecified atom stereocenters. The number of carbonyl (C=O) groups is 2. The number of rotatable bonds is 4. The lowest BCUT2D eigenvalue weighted by Crippen LogP contribution is -2.30. The molecule has 0 saturated heterocycles. The van der Waals surface area contributed by atoms with E-state index in [1.54, 1.807) is 18.2 Å². The van der Waals surface area contributed by atoms with Crippen LogP contribution in [0.25, 0.3) is 10.9 Å². The molecule has 3 rings (SSSR count). The number of hydrogen-bond donors (Lipinski definition) is 2. The normalized spacial score (nSPS) is 10.7. The summed E-state index contributed by atoms with van der Waals surface area (Å²) in [4.78, 5) is 27.4. The molecule has 2 aromatic carbocycles. The van der Waals surface area contributed by atoms with E-state index in [9.17, 15) is 9.59 Å². The SMILES string of the molecule is Cc1cccc(CNC(=O)C(=O)c2c[nH]c3cc(Cl)ccc23)c1. The number of aromatic amines is 1. The maximum atomic E-state index is 12.3. The minimum absolute atomic E-state index is 0.320. The molecule has 4 nitrogen and oxygen atoms in total. The van der Waals surface area contributed by atoms with Gasteiger partial charge < -0.3 is 10.3 Å². The summed E-state index contributed by atoms with van der Waals surface area (Å²) in [5.74, 6) is -1.19. The fourth-order valence-electron chi connectivity index (χ4n) is 2.49. The van der Waals surface area contributed by atoms with E-state index < -0.39 is 11.7 Å². The molecule has 23 heavy (non-hydrogen) atoms. The van der Waals surface area contributed by atoms with Gasteiger partial charge in [-0.05, 0) is 24.6 Å². The lowest BCUT2D eigenvalue weighted by molar-refractivity contribution is -0.117. The first-order chi connectivity index (χ1) is 11.0. The largest absolute Gasteiger partial charge is 0.360 e. The number of aryl methyl sites for hydroxylation is 1. The van der Waals surface area contributed by atoms with Gasteiger partial charge in [-0.1, -0.05) is 47.5 Å². The minimum atomic E-state index is -0.623. The van der Waals surface area contributed by atoms with Gasteiger partial charge in [0.25, 0.3) is 11.7 Å². The van der Waals surface area contributed by atoms with E-state index in [1.807, 2.05) is 31.2 Å². The molecule has 0 aliphatic rings. The van der Waals surface area contributed by atoms with Gasteiger partial charge in [0.15, 0.2) is 0 Å². The van der Waals surface area contributed by atoms with Gasteiger partial charge in [-0.25, -0.2) is 0 Å². The topological polar surface area (TPSA) is 62.0 Å². The van der Waals surface area contributed by atoms with Crippen LogP contribution in [0.4, 0.5) is 0 Å². The predicted octanol–water partition coefficient (Wildman–Crippen LogP) is 3.63. The molecule has 0 aliphatic heterocycles. The molecule has 1 aromatic heterocycles. The Balaban J connectivity index is 1.75. The van der Waals surface area contributed by atoms with Crippen LogP contribution >= 0.6 is 11.6 Å². The van der Waals surface area contributed by atoms with Crippen LogP contribution in [0.2, 0.25) is 5.02 Å². The summed E-state index contributed by atoms with van der Waals surface area (Å²) < 4.78 is 0. The monoisotopic (exact) mass is 326 g/mol. The third-order valence-electron chi connectivity index (χ3n) is 3.63. The van der Waals surface area contributed by atoms with Crippen LogP contribution < -0.4 is 5.32 Å². The van der Waals surface area contributed by atoms with Gasteiger partial charge in [-0.2, -0.15) is 0 Å². The van der Waals surface area contributed by atoms with E-state index in [4.69, 9.17) is 11.6 Å². The van der Waals surface area contributed by atoms with Crippen molar-refractivity contribution in [3.63, 3.8) is 0 Å². The van der Waals surface area contributed by atoms with E-state index in [-0.39, 0.29) is 0 Å². The molecule has 3 aromatic rings. The summed E-state index contributed by atoms with van der Waals surface area (Å²) in [5, 5.41) is 3.92. The van der Waals surface area contributed by atoms with Gasteiger partial charge in [0, 0.05) is 28.7 Å². The van der Waals surface area contributed by atoms with Gasteiger partial charge in [0.2, 0.25) is 0 Å². The molecular weight excluding hydrogens is 312 g/mol. The Hall–Kier alpha value is -2.59. The van der Waals surface area contributed by atoms with Gasteiger partial charge in [0.05, 0.1) is 5.56 Å². The number of aromatic nitrogens is 1. The number of H-pyrrole nitrogens is 1. The van der Waals surface area contributed by atoms with Crippen molar-refractivity contribution < 1.29 is 9.59 Å². The van der Waals surface area contributed by atoms with Crippen molar-refractivity contribution in [2.45, 2.75) is 13.5 Å². The Morgan fingerprint density at radius 3 is 2.78 bits per heavy atom.